The topological polar surface area (TPSA) is 68.0 Å². The first kappa shape index (κ1) is 10.1. The van der Waals surface area contributed by atoms with Crippen LogP contribution in [0.15, 0.2) is 18.5 Å². The first-order chi connectivity index (χ1) is 7.29. The second-order valence-corrected chi connectivity index (χ2v) is 3.85. The summed E-state index contributed by atoms with van der Waals surface area (Å²) in [5, 5.41) is 3.24. The molecule has 2 rings (SSSR count). The highest BCUT2D eigenvalue weighted by Gasteiger charge is 2.23. The van der Waals surface area contributed by atoms with Gasteiger partial charge in [0.1, 0.15) is 0 Å². The molecule has 0 aliphatic carbocycles. The van der Waals surface area contributed by atoms with E-state index in [0.717, 1.165) is 25.9 Å². The van der Waals surface area contributed by atoms with E-state index < -0.39 is 0 Å². The highest BCUT2D eigenvalue weighted by molar-refractivity contribution is 6.01. The van der Waals surface area contributed by atoms with Gasteiger partial charge in [-0.1, -0.05) is 0 Å². The molecule has 1 aliphatic rings. The Morgan fingerprint density at radius 3 is 2.87 bits per heavy atom. The largest absolute Gasteiger partial charge is 0.398 e. The molecule has 0 atom stereocenters. The number of nitrogens with zero attached hydrogens (tertiary/aromatic N) is 1. The Morgan fingerprint density at radius 1 is 1.47 bits per heavy atom. The minimum Gasteiger partial charge on any atom is -0.398 e. The highest BCUT2D eigenvalue weighted by Crippen LogP contribution is 2.20. The van der Waals surface area contributed by atoms with Crippen LogP contribution in [0.5, 0.6) is 0 Å². The molecule has 4 nitrogen and oxygen atoms in total. The molecule has 0 spiro atoms. The van der Waals surface area contributed by atoms with Crippen LogP contribution in [0, 0.1) is 5.92 Å². The summed E-state index contributed by atoms with van der Waals surface area (Å²) in [5.41, 5.74) is 6.86. The first-order valence-electron chi connectivity index (χ1n) is 5.23. The summed E-state index contributed by atoms with van der Waals surface area (Å²) in [7, 11) is 0. The molecule has 1 aromatic heterocycles. The zero-order valence-corrected chi connectivity index (χ0v) is 8.57. The monoisotopic (exact) mass is 205 g/mol. The number of piperidine rings is 1. The van der Waals surface area contributed by atoms with Crippen molar-refractivity contribution in [1.29, 1.82) is 0 Å². The van der Waals surface area contributed by atoms with E-state index in [0.29, 0.717) is 11.3 Å². The molecular formula is C11H15N3O. The maximum Gasteiger partial charge on any atom is 0.169 e. The molecule has 3 N–H and O–H groups in total. The first-order valence-corrected chi connectivity index (χ1v) is 5.23. The number of hydrogen-bond acceptors (Lipinski definition) is 4. The Bertz CT molecular complexity index is 359. The number of carbonyl (C=O) groups excluding carboxylic acids is 1. The summed E-state index contributed by atoms with van der Waals surface area (Å²) in [6, 6.07) is 1.67. The van der Waals surface area contributed by atoms with Crippen molar-refractivity contribution in [3.8, 4) is 0 Å². The van der Waals surface area contributed by atoms with Crippen molar-refractivity contribution in [3.05, 3.63) is 24.0 Å². The molecule has 0 unspecified atom stereocenters. The fourth-order valence-electron chi connectivity index (χ4n) is 1.92. The maximum absolute atomic E-state index is 12.1. The minimum atomic E-state index is 0.109. The summed E-state index contributed by atoms with van der Waals surface area (Å²) in [5.74, 6) is 0.250. The Labute approximate surface area is 88.9 Å². The van der Waals surface area contributed by atoms with Crippen LogP contribution in [-0.2, 0) is 0 Å². The van der Waals surface area contributed by atoms with E-state index in [2.05, 4.69) is 10.3 Å². The van der Waals surface area contributed by atoms with Gasteiger partial charge in [-0.2, -0.15) is 0 Å². The summed E-state index contributed by atoms with van der Waals surface area (Å²) in [4.78, 5) is 16.0. The number of ketones is 1. The predicted octanol–water partition coefficient (Wildman–Crippen LogP) is 0.846. The van der Waals surface area contributed by atoms with Crippen LogP contribution in [0.2, 0.25) is 0 Å². The second kappa shape index (κ2) is 4.40. The van der Waals surface area contributed by atoms with Crippen LogP contribution in [0.4, 0.5) is 5.69 Å². The van der Waals surface area contributed by atoms with Gasteiger partial charge in [-0.3, -0.25) is 9.78 Å². The van der Waals surface area contributed by atoms with Gasteiger partial charge in [0.2, 0.25) is 0 Å². The van der Waals surface area contributed by atoms with Gasteiger partial charge < -0.3 is 11.1 Å². The molecule has 0 saturated carbocycles. The molecule has 0 bridgehead atoms. The Hall–Kier alpha value is -1.42. The lowest BCUT2D eigenvalue weighted by Crippen LogP contribution is -2.32. The number of carbonyl (C=O) groups is 1. The summed E-state index contributed by atoms with van der Waals surface area (Å²) >= 11 is 0. The van der Waals surface area contributed by atoms with Crippen LogP contribution in [0.25, 0.3) is 0 Å². The molecule has 1 aromatic rings. The Kier molecular flexibility index (Phi) is 2.97. The summed E-state index contributed by atoms with van der Waals surface area (Å²) in [6.45, 7) is 1.83. The van der Waals surface area contributed by atoms with E-state index in [-0.39, 0.29) is 11.7 Å². The van der Waals surface area contributed by atoms with Crippen LogP contribution in [-0.4, -0.2) is 23.9 Å². The fourth-order valence-corrected chi connectivity index (χ4v) is 1.92. The quantitative estimate of drug-likeness (QED) is 0.702. The average molecular weight is 205 g/mol. The van der Waals surface area contributed by atoms with Crippen LogP contribution >= 0.6 is 0 Å². The molecule has 2 heterocycles. The van der Waals surface area contributed by atoms with Crippen molar-refractivity contribution in [2.24, 2.45) is 5.92 Å². The van der Waals surface area contributed by atoms with E-state index in [4.69, 9.17) is 5.73 Å². The number of nitrogens with one attached hydrogen (secondary N) is 1. The Balaban J connectivity index is 2.16. The van der Waals surface area contributed by atoms with Gasteiger partial charge in [0, 0.05) is 24.0 Å². The van der Waals surface area contributed by atoms with Gasteiger partial charge in [0.15, 0.2) is 5.78 Å². The van der Waals surface area contributed by atoms with Crippen molar-refractivity contribution >= 4 is 11.5 Å². The molecule has 1 aliphatic heterocycles. The van der Waals surface area contributed by atoms with E-state index in [1.807, 2.05) is 0 Å². The Morgan fingerprint density at radius 2 is 2.20 bits per heavy atom. The smallest absolute Gasteiger partial charge is 0.169 e. The second-order valence-electron chi connectivity index (χ2n) is 3.85. The zero-order chi connectivity index (χ0) is 10.7. The number of rotatable bonds is 2. The molecule has 15 heavy (non-hydrogen) atoms. The molecule has 0 amide bonds. The summed E-state index contributed by atoms with van der Waals surface area (Å²) < 4.78 is 0. The lowest BCUT2D eigenvalue weighted by Gasteiger charge is -2.21. The van der Waals surface area contributed by atoms with Crippen molar-refractivity contribution < 1.29 is 4.79 Å². The van der Waals surface area contributed by atoms with E-state index in [9.17, 15) is 4.79 Å². The standard InChI is InChI=1S/C11H15N3O/c12-10-3-6-14-7-9(10)11(15)8-1-4-13-5-2-8/h3,6-8,13H,1-2,4-5H2,(H2,12,14). The zero-order valence-electron chi connectivity index (χ0n) is 8.57. The highest BCUT2D eigenvalue weighted by atomic mass is 16.1. The van der Waals surface area contributed by atoms with Crippen molar-refractivity contribution in [2.45, 2.75) is 12.8 Å². The van der Waals surface area contributed by atoms with E-state index in [1.54, 1.807) is 18.5 Å². The molecule has 80 valence electrons. The third kappa shape index (κ3) is 2.15. The van der Waals surface area contributed by atoms with Gasteiger partial charge in [-0.05, 0) is 32.0 Å². The van der Waals surface area contributed by atoms with Crippen molar-refractivity contribution in [2.75, 3.05) is 18.8 Å². The number of pyridine rings is 1. The number of nitrogens with two attached hydrogens (primary N) is 1. The molecule has 0 radical (unpaired) electrons. The summed E-state index contributed by atoms with van der Waals surface area (Å²) in [6.07, 6.45) is 4.97. The maximum atomic E-state index is 12.1. The number of hydrogen-bond donors (Lipinski definition) is 2. The predicted molar refractivity (Wildman–Crippen MR) is 58.6 cm³/mol. The van der Waals surface area contributed by atoms with Gasteiger partial charge in [0.25, 0.3) is 0 Å². The number of aromatic nitrogens is 1. The number of Topliss-reactive ketones (excluding diaryl/α,β-unsaturated/α-hetero) is 1. The van der Waals surface area contributed by atoms with Crippen LogP contribution in [0.3, 0.4) is 0 Å². The number of anilines is 1. The van der Waals surface area contributed by atoms with Gasteiger partial charge in [-0.25, -0.2) is 0 Å². The van der Waals surface area contributed by atoms with Crippen molar-refractivity contribution in [3.63, 3.8) is 0 Å². The van der Waals surface area contributed by atoms with Crippen LogP contribution in [0.1, 0.15) is 23.2 Å². The lowest BCUT2D eigenvalue weighted by atomic mass is 9.90. The number of nitrogen functional groups attached to an aromatic ring is 1. The third-order valence-electron chi connectivity index (χ3n) is 2.83. The van der Waals surface area contributed by atoms with Crippen molar-refractivity contribution in [1.82, 2.24) is 10.3 Å². The van der Waals surface area contributed by atoms with Gasteiger partial charge in [0.05, 0.1) is 5.56 Å². The van der Waals surface area contributed by atoms with Crippen LogP contribution < -0.4 is 11.1 Å². The lowest BCUT2D eigenvalue weighted by molar-refractivity contribution is 0.0895. The molecule has 4 heteroatoms. The minimum absolute atomic E-state index is 0.109. The SMILES string of the molecule is Nc1ccncc1C(=O)C1CCNCC1. The average Bonchev–Trinajstić information content (AvgIpc) is 2.30. The van der Waals surface area contributed by atoms with Gasteiger partial charge in [-0.15, -0.1) is 0 Å². The molecule has 1 fully saturated rings. The fraction of sp³-hybridized carbons (Fsp3) is 0.455. The van der Waals surface area contributed by atoms with E-state index >= 15 is 0 Å². The molecular weight excluding hydrogens is 190 g/mol. The van der Waals surface area contributed by atoms with Gasteiger partial charge >= 0.3 is 0 Å². The van der Waals surface area contributed by atoms with E-state index in [1.165, 1.54) is 0 Å². The third-order valence-corrected chi connectivity index (χ3v) is 2.83. The molecule has 0 aromatic carbocycles. The molecule has 1 saturated heterocycles. The normalized spacial score (nSPS) is 17.6.